The van der Waals surface area contributed by atoms with Gasteiger partial charge in [-0.25, -0.2) is 13.2 Å². The van der Waals surface area contributed by atoms with Crippen molar-refractivity contribution >= 4 is 28.0 Å². The van der Waals surface area contributed by atoms with E-state index in [0.29, 0.717) is 29.2 Å². The maximum absolute atomic E-state index is 14.8. The quantitative estimate of drug-likeness (QED) is 0.351. The molecule has 37 heavy (non-hydrogen) atoms. The van der Waals surface area contributed by atoms with Crippen molar-refractivity contribution in [2.45, 2.75) is 29.5 Å². The maximum Gasteiger partial charge on any atom is 0.473 e. The molecule has 1 fully saturated rings. The van der Waals surface area contributed by atoms with Crippen LogP contribution in [-0.4, -0.2) is 35.9 Å². The predicted molar refractivity (Wildman–Crippen MR) is 109 cm³/mol. The Morgan fingerprint density at radius 2 is 1.49 bits per heavy atom. The van der Waals surface area contributed by atoms with Crippen LogP contribution in [0.2, 0.25) is 0 Å². The van der Waals surface area contributed by atoms with Crippen LogP contribution in [0.4, 0.5) is 45.8 Å². The van der Waals surface area contributed by atoms with Crippen LogP contribution in [0.25, 0.3) is 0 Å². The van der Waals surface area contributed by atoms with Crippen LogP contribution in [-0.2, 0) is 15.1 Å². The van der Waals surface area contributed by atoms with E-state index in [1.807, 2.05) is 0 Å². The molecule has 5 nitrogen and oxygen atoms in total. The first kappa shape index (κ1) is 28.2. The van der Waals surface area contributed by atoms with Gasteiger partial charge in [0.05, 0.1) is 17.0 Å². The number of halogens is 11. The number of amides is 2. The van der Waals surface area contributed by atoms with Crippen molar-refractivity contribution in [3.8, 4) is 0 Å². The van der Waals surface area contributed by atoms with Crippen LogP contribution < -0.4 is 5.32 Å². The third kappa shape index (κ3) is 5.21. The van der Waals surface area contributed by atoms with Gasteiger partial charge < -0.3 is 5.32 Å². The van der Waals surface area contributed by atoms with Crippen LogP contribution >= 0.6 is 10.2 Å². The highest BCUT2D eigenvalue weighted by Crippen LogP contribution is 3.02. The van der Waals surface area contributed by atoms with Crippen molar-refractivity contribution in [3.63, 3.8) is 0 Å². The van der Waals surface area contributed by atoms with Crippen LogP contribution in [0.3, 0.4) is 0 Å². The highest BCUT2D eigenvalue weighted by atomic mass is 32.5. The van der Waals surface area contributed by atoms with Gasteiger partial charge in [0.1, 0.15) is 10.7 Å². The molecule has 0 bridgehead atoms. The third-order valence-electron chi connectivity index (χ3n) is 5.52. The number of guanidine groups is 1. The second-order valence-corrected chi connectivity index (χ2v) is 10.6. The first-order valence-electron chi connectivity index (χ1n) is 9.71. The van der Waals surface area contributed by atoms with Gasteiger partial charge in [-0.15, -0.1) is 0 Å². The fourth-order valence-corrected chi connectivity index (χ4v) is 4.45. The van der Waals surface area contributed by atoms with E-state index in [-0.39, 0.29) is 12.1 Å². The molecule has 1 aliphatic rings. The summed E-state index contributed by atoms with van der Waals surface area (Å²) in [5.74, 6) is -12.5. The van der Waals surface area contributed by atoms with E-state index < -0.39 is 79.1 Å². The number of likely N-dealkylation sites (N-methyl/N-ethyl adjacent to an activating group) is 1. The molecule has 2 amide bonds. The van der Waals surface area contributed by atoms with Gasteiger partial charge in [-0.1, -0.05) is 31.6 Å². The van der Waals surface area contributed by atoms with Crippen LogP contribution in [0, 0.1) is 17.5 Å². The first-order chi connectivity index (χ1) is 16.5. The monoisotopic (exact) mass is 569 g/mol. The molecule has 0 radical (unpaired) electrons. The topological polar surface area (TPSA) is 61.8 Å². The molecule has 204 valence electrons. The summed E-state index contributed by atoms with van der Waals surface area (Å²) in [5.41, 5.74) is -4.49. The summed E-state index contributed by atoms with van der Waals surface area (Å²) in [6, 6.07) is 1.33. The highest BCUT2D eigenvalue weighted by Gasteiger charge is 2.65. The molecule has 0 unspecified atom stereocenters. The molecule has 3 rings (SSSR count). The Bertz CT molecular complexity index is 1330. The Balaban J connectivity index is 2.29. The standard InChI is InChI=1S/C20H14F11N3O2S/c1-19(14-11(21)7-8-12(22)15(14)23)13(9-3-5-10(6-4-9)37(27,28,29,30)31)16(35)34(2)18(33-19)32-17(36)20(24,25)26/h3-8,13H,1-2H3,(H,32,33,36)/t13-,19-/m0/s1. The molecule has 0 saturated carbocycles. The number of carbonyl (C=O) groups excluding carboxylic acids is 2. The van der Waals surface area contributed by atoms with Crippen LogP contribution in [0.15, 0.2) is 46.3 Å². The van der Waals surface area contributed by atoms with E-state index in [4.69, 9.17) is 0 Å². The summed E-state index contributed by atoms with van der Waals surface area (Å²) in [4.78, 5) is 25.2. The lowest BCUT2D eigenvalue weighted by atomic mass is 9.73. The third-order valence-corrected chi connectivity index (χ3v) is 6.68. The summed E-state index contributed by atoms with van der Waals surface area (Å²) in [6.45, 7) is 0.773. The van der Waals surface area contributed by atoms with Gasteiger partial charge >= 0.3 is 22.3 Å². The largest absolute Gasteiger partial charge is 0.473 e. The summed E-state index contributed by atoms with van der Waals surface area (Å²) in [5, 5.41) is 2.07. The number of hydrogen-bond acceptors (Lipinski definition) is 2. The molecule has 2 atom stereocenters. The Labute approximate surface area is 200 Å². The van der Waals surface area contributed by atoms with Crippen molar-refractivity contribution in [2.24, 2.45) is 4.99 Å². The zero-order chi connectivity index (χ0) is 28.4. The SMILES string of the molecule is CN1C(=O)[C@H](c2ccc(S(F)(F)(F)(F)F)cc2)[C@@](C)(c2c(F)ccc(F)c2F)N/C1=N/C(=O)C(F)(F)F. The van der Waals surface area contributed by atoms with Gasteiger partial charge in [0.2, 0.25) is 11.9 Å². The van der Waals surface area contributed by atoms with E-state index in [2.05, 4.69) is 10.3 Å². The minimum Gasteiger partial charge on any atom is -0.345 e. The van der Waals surface area contributed by atoms with Gasteiger partial charge in [-0.3, -0.25) is 14.5 Å². The van der Waals surface area contributed by atoms with Crippen LogP contribution in [0.1, 0.15) is 24.0 Å². The molecule has 1 saturated heterocycles. The second kappa shape index (κ2) is 7.82. The molecule has 0 aliphatic carbocycles. The summed E-state index contributed by atoms with van der Waals surface area (Å²) in [7, 11) is -9.40. The van der Waals surface area contributed by atoms with Crippen molar-refractivity contribution in [2.75, 3.05) is 7.05 Å². The Hall–Kier alpha value is -3.37. The minimum absolute atomic E-state index is 0.0976. The number of alkyl halides is 3. The zero-order valence-corrected chi connectivity index (χ0v) is 19.1. The zero-order valence-electron chi connectivity index (χ0n) is 18.3. The second-order valence-electron chi connectivity index (χ2n) is 8.15. The van der Waals surface area contributed by atoms with Gasteiger partial charge in [0, 0.05) is 7.05 Å². The first-order valence-corrected chi connectivity index (χ1v) is 11.7. The number of rotatable bonds is 3. The van der Waals surface area contributed by atoms with Gasteiger partial charge in [0.25, 0.3) is 0 Å². The van der Waals surface area contributed by atoms with Gasteiger partial charge in [-0.05, 0) is 36.8 Å². The molecule has 1 aliphatic heterocycles. The molecule has 1 heterocycles. The molecule has 17 heteroatoms. The molecular formula is C20H14F11N3O2S. The molecule has 2 aromatic carbocycles. The summed E-state index contributed by atoms with van der Waals surface area (Å²) in [6.07, 6.45) is -5.54. The van der Waals surface area contributed by atoms with Gasteiger partial charge in [0.15, 0.2) is 11.6 Å². The molecular weight excluding hydrogens is 555 g/mol. The lowest BCUT2D eigenvalue weighted by molar-refractivity contribution is -0.169. The number of hydrogen-bond donors (Lipinski definition) is 1. The highest BCUT2D eigenvalue weighted by molar-refractivity contribution is 8.45. The number of nitrogens with one attached hydrogen (secondary N) is 1. The average Bonchev–Trinajstić information content (AvgIpc) is 2.73. The maximum atomic E-state index is 14.8. The Kier molecular flexibility index (Phi) is 5.96. The number of nitrogens with zero attached hydrogens (tertiary/aromatic N) is 2. The normalized spacial score (nSPS) is 23.9. The van der Waals surface area contributed by atoms with Crippen molar-refractivity contribution in [1.82, 2.24) is 10.2 Å². The number of aliphatic imine (C=N–C) groups is 1. The average molecular weight is 569 g/mol. The van der Waals surface area contributed by atoms with Crippen molar-refractivity contribution < 1.29 is 55.4 Å². The summed E-state index contributed by atoms with van der Waals surface area (Å²) >= 11 is 0. The lowest BCUT2D eigenvalue weighted by Crippen LogP contribution is -2.63. The predicted octanol–water partition coefficient (Wildman–Crippen LogP) is 6.27. The molecule has 0 spiro atoms. The van der Waals surface area contributed by atoms with E-state index in [1.165, 1.54) is 0 Å². The van der Waals surface area contributed by atoms with Crippen molar-refractivity contribution in [1.29, 1.82) is 0 Å². The Morgan fingerprint density at radius 3 is 1.97 bits per heavy atom. The molecule has 1 N–H and O–H groups in total. The van der Waals surface area contributed by atoms with Crippen LogP contribution in [0.5, 0.6) is 0 Å². The smallest absolute Gasteiger partial charge is 0.345 e. The fourth-order valence-electron chi connectivity index (χ4n) is 3.80. The Morgan fingerprint density at radius 1 is 0.973 bits per heavy atom. The number of benzene rings is 2. The van der Waals surface area contributed by atoms with E-state index in [1.54, 1.807) is 0 Å². The van der Waals surface area contributed by atoms with Crippen molar-refractivity contribution in [3.05, 3.63) is 65.0 Å². The van der Waals surface area contributed by atoms with E-state index in [0.717, 1.165) is 14.0 Å². The molecule has 0 aromatic heterocycles. The fraction of sp³-hybridized carbons (Fsp3) is 0.250. The van der Waals surface area contributed by atoms with E-state index in [9.17, 15) is 55.4 Å². The van der Waals surface area contributed by atoms with E-state index >= 15 is 0 Å². The van der Waals surface area contributed by atoms with Gasteiger partial charge in [-0.2, -0.15) is 18.2 Å². The summed E-state index contributed by atoms with van der Waals surface area (Å²) < 4.78 is 147. The minimum atomic E-state index is -10.2. The molecule has 2 aromatic rings. The lowest BCUT2D eigenvalue weighted by Gasteiger charge is -2.46. The number of carbonyl (C=O) groups is 2.